The van der Waals surface area contributed by atoms with E-state index in [0.717, 1.165) is 24.9 Å². The third kappa shape index (κ3) is 3.36. The zero-order valence-electron chi connectivity index (χ0n) is 9.51. The summed E-state index contributed by atoms with van der Waals surface area (Å²) in [5.41, 5.74) is 0. The largest absolute Gasteiger partial charge is 0.353 e. The van der Waals surface area contributed by atoms with Crippen LogP contribution in [0.5, 0.6) is 0 Å². The summed E-state index contributed by atoms with van der Waals surface area (Å²) < 4.78 is 1.66. The number of aromatic nitrogens is 4. The maximum absolute atomic E-state index is 4.33. The Labute approximate surface area is 116 Å². The van der Waals surface area contributed by atoms with Gasteiger partial charge in [-0.25, -0.2) is 9.97 Å². The van der Waals surface area contributed by atoms with Crippen LogP contribution in [0.25, 0.3) is 0 Å². The van der Waals surface area contributed by atoms with Gasteiger partial charge in [-0.15, -0.1) is 10.2 Å². The molecule has 0 aliphatic heterocycles. The SMILES string of the molecule is Cc1nc(Br)cc(Sc2nnc(N(C)C)s2)n1. The topological polar surface area (TPSA) is 54.8 Å². The van der Waals surface area contributed by atoms with Gasteiger partial charge in [0.05, 0.1) is 0 Å². The van der Waals surface area contributed by atoms with Gasteiger partial charge in [-0.1, -0.05) is 11.3 Å². The second-order valence-electron chi connectivity index (χ2n) is 3.42. The van der Waals surface area contributed by atoms with Gasteiger partial charge in [-0.2, -0.15) is 0 Å². The molecule has 2 aromatic heterocycles. The molecule has 0 N–H and O–H groups in total. The molecule has 0 aromatic carbocycles. The van der Waals surface area contributed by atoms with E-state index in [-0.39, 0.29) is 0 Å². The van der Waals surface area contributed by atoms with Crippen LogP contribution in [0.15, 0.2) is 20.0 Å². The minimum Gasteiger partial charge on any atom is -0.353 e. The Kier molecular flexibility index (Phi) is 3.95. The highest BCUT2D eigenvalue weighted by Gasteiger charge is 2.09. The van der Waals surface area contributed by atoms with Crippen LogP contribution in [0.2, 0.25) is 0 Å². The molecule has 2 heterocycles. The van der Waals surface area contributed by atoms with Gasteiger partial charge in [0.25, 0.3) is 0 Å². The fourth-order valence-electron chi connectivity index (χ4n) is 1.07. The standard InChI is InChI=1S/C9H10BrN5S2/c1-5-11-6(10)4-7(12-5)16-9-14-13-8(17-9)15(2)3/h4H,1-3H3. The summed E-state index contributed by atoms with van der Waals surface area (Å²) >= 11 is 6.38. The van der Waals surface area contributed by atoms with Crippen molar-refractivity contribution in [2.45, 2.75) is 16.3 Å². The molecular weight excluding hydrogens is 322 g/mol. The van der Waals surface area contributed by atoms with Crippen molar-refractivity contribution < 1.29 is 0 Å². The van der Waals surface area contributed by atoms with Gasteiger partial charge >= 0.3 is 0 Å². The summed E-state index contributed by atoms with van der Waals surface area (Å²) in [5, 5.41) is 9.93. The Bertz CT molecular complexity index is 508. The van der Waals surface area contributed by atoms with Crippen molar-refractivity contribution in [1.82, 2.24) is 20.2 Å². The van der Waals surface area contributed by atoms with Gasteiger partial charge < -0.3 is 4.90 Å². The van der Waals surface area contributed by atoms with Crippen LogP contribution in [-0.2, 0) is 0 Å². The van der Waals surface area contributed by atoms with Crippen molar-refractivity contribution >= 4 is 44.2 Å². The lowest BCUT2D eigenvalue weighted by molar-refractivity contribution is 0.942. The van der Waals surface area contributed by atoms with Crippen LogP contribution >= 0.6 is 39.0 Å². The van der Waals surface area contributed by atoms with Crippen molar-refractivity contribution in [1.29, 1.82) is 0 Å². The first kappa shape index (κ1) is 12.7. The molecule has 0 spiro atoms. The monoisotopic (exact) mass is 331 g/mol. The quantitative estimate of drug-likeness (QED) is 0.806. The lowest BCUT2D eigenvalue weighted by atomic mass is 10.6. The van der Waals surface area contributed by atoms with Gasteiger partial charge in [0.2, 0.25) is 5.13 Å². The van der Waals surface area contributed by atoms with Crippen LogP contribution in [-0.4, -0.2) is 34.3 Å². The molecule has 2 rings (SSSR count). The van der Waals surface area contributed by atoms with Crippen LogP contribution in [0.3, 0.4) is 0 Å². The van der Waals surface area contributed by atoms with E-state index >= 15 is 0 Å². The maximum Gasteiger partial charge on any atom is 0.208 e. The molecule has 0 atom stereocenters. The molecule has 0 aliphatic carbocycles. The summed E-state index contributed by atoms with van der Waals surface area (Å²) in [5.74, 6) is 0.735. The fraction of sp³-hybridized carbons (Fsp3) is 0.333. The predicted molar refractivity (Wildman–Crippen MR) is 72.8 cm³/mol. The first-order valence-corrected chi connectivity index (χ1v) is 7.17. The first-order valence-electron chi connectivity index (χ1n) is 4.74. The summed E-state index contributed by atoms with van der Waals surface area (Å²) in [4.78, 5) is 10.4. The summed E-state index contributed by atoms with van der Waals surface area (Å²) in [6.45, 7) is 1.86. The third-order valence-corrected chi connectivity index (χ3v) is 4.22. The number of aryl methyl sites for hydroxylation is 1. The molecule has 17 heavy (non-hydrogen) atoms. The lowest BCUT2D eigenvalue weighted by Gasteiger charge is -2.03. The first-order chi connectivity index (χ1) is 8.04. The molecule has 0 unspecified atom stereocenters. The van der Waals surface area contributed by atoms with E-state index in [9.17, 15) is 0 Å². The van der Waals surface area contributed by atoms with Crippen molar-refractivity contribution in [2.75, 3.05) is 19.0 Å². The predicted octanol–water partition coefficient (Wildman–Crippen LogP) is 2.62. The summed E-state index contributed by atoms with van der Waals surface area (Å²) in [6, 6.07) is 1.87. The van der Waals surface area contributed by atoms with E-state index < -0.39 is 0 Å². The molecule has 2 aromatic rings. The molecule has 0 fully saturated rings. The average molecular weight is 332 g/mol. The van der Waals surface area contributed by atoms with E-state index in [1.165, 1.54) is 23.1 Å². The second kappa shape index (κ2) is 5.28. The maximum atomic E-state index is 4.33. The van der Waals surface area contributed by atoms with Gasteiger partial charge in [-0.3, -0.25) is 0 Å². The summed E-state index contributed by atoms with van der Waals surface area (Å²) in [6.07, 6.45) is 0. The van der Waals surface area contributed by atoms with E-state index in [1.807, 2.05) is 32.0 Å². The normalized spacial score (nSPS) is 10.6. The minimum absolute atomic E-state index is 0.735. The Morgan fingerprint density at radius 3 is 2.65 bits per heavy atom. The van der Waals surface area contributed by atoms with Crippen LogP contribution < -0.4 is 4.90 Å². The zero-order chi connectivity index (χ0) is 12.4. The molecule has 0 aliphatic rings. The van der Waals surface area contributed by atoms with Gasteiger partial charge in [0, 0.05) is 20.2 Å². The molecular formula is C9H10BrN5S2. The molecule has 0 bridgehead atoms. The lowest BCUT2D eigenvalue weighted by Crippen LogP contribution is -2.07. The van der Waals surface area contributed by atoms with E-state index in [1.54, 1.807) is 0 Å². The molecule has 0 radical (unpaired) electrons. The fourth-order valence-corrected chi connectivity index (χ4v) is 3.45. The van der Waals surface area contributed by atoms with E-state index in [2.05, 4.69) is 36.1 Å². The van der Waals surface area contributed by atoms with Crippen molar-refractivity contribution in [3.05, 3.63) is 16.5 Å². The number of hydrogen-bond donors (Lipinski definition) is 0. The Morgan fingerprint density at radius 2 is 2.06 bits per heavy atom. The van der Waals surface area contributed by atoms with Gasteiger partial charge in [0.15, 0.2) is 4.34 Å². The highest BCUT2D eigenvalue weighted by atomic mass is 79.9. The smallest absolute Gasteiger partial charge is 0.208 e. The second-order valence-corrected chi connectivity index (χ2v) is 6.46. The number of rotatable bonds is 3. The molecule has 0 amide bonds. The van der Waals surface area contributed by atoms with Crippen molar-refractivity contribution in [2.24, 2.45) is 0 Å². The van der Waals surface area contributed by atoms with Gasteiger partial charge in [-0.05, 0) is 34.6 Å². The molecule has 90 valence electrons. The number of hydrogen-bond acceptors (Lipinski definition) is 7. The van der Waals surface area contributed by atoms with Crippen LogP contribution in [0, 0.1) is 6.92 Å². The highest BCUT2D eigenvalue weighted by molar-refractivity contribution is 9.10. The number of nitrogens with zero attached hydrogens (tertiary/aromatic N) is 5. The molecule has 0 saturated heterocycles. The summed E-state index contributed by atoms with van der Waals surface area (Å²) in [7, 11) is 3.89. The zero-order valence-corrected chi connectivity index (χ0v) is 12.7. The average Bonchev–Trinajstić information content (AvgIpc) is 2.64. The van der Waals surface area contributed by atoms with E-state index in [4.69, 9.17) is 0 Å². The Hall–Kier alpha value is -0.730. The Morgan fingerprint density at radius 1 is 1.29 bits per heavy atom. The molecule has 8 heteroatoms. The third-order valence-electron chi connectivity index (χ3n) is 1.75. The molecule has 5 nitrogen and oxygen atoms in total. The van der Waals surface area contributed by atoms with Gasteiger partial charge in [0.1, 0.15) is 15.5 Å². The Balaban J connectivity index is 2.19. The minimum atomic E-state index is 0.735. The number of anilines is 1. The van der Waals surface area contributed by atoms with Crippen molar-refractivity contribution in [3.63, 3.8) is 0 Å². The van der Waals surface area contributed by atoms with Crippen LogP contribution in [0.4, 0.5) is 5.13 Å². The number of halogens is 1. The van der Waals surface area contributed by atoms with E-state index in [0.29, 0.717) is 0 Å². The molecule has 0 saturated carbocycles. The van der Waals surface area contributed by atoms with Crippen LogP contribution in [0.1, 0.15) is 5.82 Å². The van der Waals surface area contributed by atoms with Crippen molar-refractivity contribution in [3.8, 4) is 0 Å². The highest BCUT2D eigenvalue weighted by Crippen LogP contribution is 2.32.